The van der Waals surface area contributed by atoms with Crippen LogP contribution in [-0.4, -0.2) is 0 Å². The molecule has 0 unspecified atom stereocenters. The third kappa shape index (κ3) is 4.85. The van der Waals surface area contributed by atoms with Crippen molar-refractivity contribution in [2.24, 2.45) is 0 Å². The fraction of sp³-hybridized carbons (Fsp3) is 0.111. The van der Waals surface area contributed by atoms with E-state index in [9.17, 15) is 0 Å². The zero-order valence-electron chi connectivity index (χ0n) is 16.7. The van der Waals surface area contributed by atoms with Crippen molar-refractivity contribution in [1.82, 2.24) is 0 Å². The van der Waals surface area contributed by atoms with Gasteiger partial charge in [-0.3, -0.25) is 0 Å². The largest absolute Gasteiger partial charge is 0.451 e. The predicted molar refractivity (Wildman–Crippen MR) is 118 cm³/mol. The van der Waals surface area contributed by atoms with Crippen molar-refractivity contribution in [3.05, 3.63) is 120 Å². The van der Waals surface area contributed by atoms with Gasteiger partial charge in [0.15, 0.2) is 0 Å². The molecular weight excluding hydrogens is 356 g/mol. The van der Waals surface area contributed by atoms with Crippen LogP contribution in [0.15, 0.2) is 103 Å². The van der Waals surface area contributed by atoms with Crippen LogP contribution >= 0.6 is 0 Å². The van der Waals surface area contributed by atoms with Gasteiger partial charge < -0.3 is 9.47 Å². The second-order valence-corrected chi connectivity index (χ2v) is 7.18. The van der Waals surface area contributed by atoms with Crippen molar-refractivity contribution in [3.63, 3.8) is 0 Å². The van der Waals surface area contributed by atoms with Gasteiger partial charge in [0.1, 0.15) is 11.5 Å². The maximum atomic E-state index is 6.21. The summed E-state index contributed by atoms with van der Waals surface area (Å²) in [6, 6.07) is 34.7. The molecule has 0 aliphatic carbocycles. The molecule has 29 heavy (non-hydrogen) atoms. The Kier molecular flexibility index (Phi) is 5.62. The molecule has 2 heteroatoms. The monoisotopic (exact) mass is 380 g/mol. The minimum atomic E-state index is -0.537. The molecule has 144 valence electrons. The number of hydrogen-bond acceptors (Lipinski definition) is 2. The van der Waals surface area contributed by atoms with Gasteiger partial charge in [0, 0.05) is 5.56 Å². The molecule has 2 nitrogen and oxygen atoms in total. The highest BCUT2D eigenvalue weighted by Gasteiger charge is 2.16. The van der Waals surface area contributed by atoms with E-state index < -0.39 is 6.29 Å². The molecule has 0 aliphatic rings. The van der Waals surface area contributed by atoms with E-state index in [2.05, 4.69) is 50.2 Å². The maximum Gasteiger partial charge on any atom is 0.267 e. The average Bonchev–Trinajstić information content (AvgIpc) is 2.77. The molecule has 0 saturated heterocycles. The molecule has 0 amide bonds. The third-order valence-corrected chi connectivity index (χ3v) is 4.82. The summed E-state index contributed by atoms with van der Waals surface area (Å²) in [4.78, 5) is 0. The van der Waals surface area contributed by atoms with E-state index >= 15 is 0 Å². The molecule has 0 bridgehead atoms. The third-order valence-electron chi connectivity index (χ3n) is 4.82. The van der Waals surface area contributed by atoms with Gasteiger partial charge in [0.2, 0.25) is 0 Å². The topological polar surface area (TPSA) is 18.5 Å². The van der Waals surface area contributed by atoms with Crippen molar-refractivity contribution in [2.45, 2.75) is 20.1 Å². The highest BCUT2D eigenvalue weighted by Crippen LogP contribution is 2.28. The Bertz CT molecular complexity index is 987. The lowest BCUT2D eigenvalue weighted by atomic mass is 10.0. The molecule has 4 rings (SSSR count). The van der Waals surface area contributed by atoms with Gasteiger partial charge in [-0.2, -0.15) is 0 Å². The number of benzene rings is 4. The summed E-state index contributed by atoms with van der Waals surface area (Å²) in [6.45, 7) is 4.12. The summed E-state index contributed by atoms with van der Waals surface area (Å²) in [5.41, 5.74) is 5.71. The number of hydrogen-bond donors (Lipinski definition) is 0. The summed E-state index contributed by atoms with van der Waals surface area (Å²) >= 11 is 0. The molecule has 4 aromatic carbocycles. The van der Waals surface area contributed by atoms with E-state index in [-0.39, 0.29) is 0 Å². The second-order valence-electron chi connectivity index (χ2n) is 7.18. The van der Waals surface area contributed by atoms with E-state index in [1.165, 1.54) is 22.3 Å². The van der Waals surface area contributed by atoms with Crippen molar-refractivity contribution in [1.29, 1.82) is 0 Å². The Morgan fingerprint density at radius 1 is 0.483 bits per heavy atom. The van der Waals surface area contributed by atoms with Crippen LogP contribution in [0.25, 0.3) is 11.1 Å². The molecule has 4 aromatic rings. The zero-order valence-corrected chi connectivity index (χ0v) is 16.7. The van der Waals surface area contributed by atoms with Crippen molar-refractivity contribution in [3.8, 4) is 22.6 Å². The van der Waals surface area contributed by atoms with Crippen LogP contribution < -0.4 is 9.47 Å². The average molecular weight is 380 g/mol. The first-order valence-electron chi connectivity index (χ1n) is 9.79. The molecule has 0 spiro atoms. The van der Waals surface area contributed by atoms with E-state index in [1.807, 2.05) is 66.7 Å². The summed E-state index contributed by atoms with van der Waals surface area (Å²) in [7, 11) is 0. The van der Waals surface area contributed by atoms with Crippen molar-refractivity contribution in [2.75, 3.05) is 0 Å². The van der Waals surface area contributed by atoms with Crippen LogP contribution in [0, 0.1) is 13.8 Å². The SMILES string of the molecule is Cc1ccc(OC(Oc2ccc(C)cc2)c2ccc(-c3ccccc3)cc2)cc1. The summed E-state index contributed by atoms with van der Waals surface area (Å²) in [5, 5.41) is 0. The van der Waals surface area contributed by atoms with Crippen molar-refractivity contribution >= 4 is 0 Å². The van der Waals surface area contributed by atoms with E-state index in [1.54, 1.807) is 0 Å². The van der Waals surface area contributed by atoms with Gasteiger partial charge in [0.25, 0.3) is 6.29 Å². The standard InChI is InChI=1S/C27H24O2/c1-20-8-16-25(17-9-20)28-27(29-26-18-10-21(2)11-19-26)24-14-12-23(13-15-24)22-6-4-3-5-7-22/h3-19,27H,1-2H3. The second kappa shape index (κ2) is 8.66. The van der Waals surface area contributed by atoms with Crippen molar-refractivity contribution < 1.29 is 9.47 Å². The van der Waals surface area contributed by atoms with Gasteiger partial charge in [-0.25, -0.2) is 0 Å². The van der Waals surface area contributed by atoms with E-state index in [4.69, 9.17) is 9.47 Å². The first-order valence-corrected chi connectivity index (χ1v) is 9.79. The molecule has 0 N–H and O–H groups in total. The van der Waals surface area contributed by atoms with E-state index in [0.717, 1.165) is 17.1 Å². The van der Waals surface area contributed by atoms with Crippen LogP contribution in [0.3, 0.4) is 0 Å². The molecular formula is C27H24O2. The molecule has 0 radical (unpaired) electrons. The van der Waals surface area contributed by atoms with Gasteiger partial charge in [-0.15, -0.1) is 0 Å². The van der Waals surface area contributed by atoms with Crippen LogP contribution in [0.4, 0.5) is 0 Å². The summed E-state index contributed by atoms with van der Waals surface area (Å²) in [6.07, 6.45) is -0.537. The fourth-order valence-corrected chi connectivity index (χ4v) is 3.10. The van der Waals surface area contributed by atoms with Gasteiger partial charge in [-0.05, 0) is 49.2 Å². The first-order chi connectivity index (χ1) is 14.2. The number of ether oxygens (including phenoxy) is 2. The minimum Gasteiger partial charge on any atom is -0.451 e. The number of rotatable bonds is 6. The molecule has 0 atom stereocenters. The Morgan fingerprint density at radius 3 is 1.41 bits per heavy atom. The minimum absolute atomic E-state index is 0.537. The Balaban J connectivity index is 1.61. The van der Waals surface area contributed by atoms with Crippen LogP contribution in [0.2, 0.25) is 0 Å². The van der Waals surface area contributed by atoms with Gasteiger partial charge >= 0.3 is 0 Å². The molecule has 0 aliphatic heterocycles. The highest BCUT2D eigenvalue weighted by molar-refractivity contribution is 5.63. The lowest BCUT2D eigenvalue weighted by Crippen LogP contribution is -2.15. The lowest BCUT2D eigenvalue weighted by molar-refractivity contribution is 0.00381. The molecule has 0 aromatic heterocycles. The van der Waals surface area contributed by atoms with Crippen LogP contribution in [-0.2, 0) is 0 Å². The lowest BCUT2D eigenvalue weighted by Gasteiger charge is -2.21. The number of aryl methyl sites for hydroxylation is 2. The smallest absolute Gasteiger partial charge is 0.267 e. The fourth-order valence-electron chi connectivity index (χ4n) is 3.10. The molecule has 0 saturated carbocycles. The van der Waals surface area contributed by atoms with Crippen LogP contribution in [0.5, 0.6) is 11.5 Å². The molecule has 0 fully saturated rings. The summed E-state index contributed by atoms with van der Waals surface area (Å²) in [5.74, 6) is 1.56. The zero-order chi connectivity index (χ0) is 20.1. The predicted octanol–water partition coefficient (Wildman–Crippen LogP) is 7.13. The Morgan fingerprint density at radius 2 is 0.931 bits per heavy atom. The quantitative estimate of drug-likeness (QED) is 0.331. The molecule has 0 heterocycles. The first kappa shape index (κ1) is 18.8. The maximum absolute atomic E-state index is 6.21. The summed E-state index contributed by atoms with van der Waals surface area (Å²) < 4.78 is 12.4. The Hall–Kier alpha value is -3.52. The Labute approximate surface area is 172 Å². The van der Waals surface area contributed by atoms with E-state index in [0.29, 0.717) is 0 Å². The van der Waals surface area contributed by atoms with Crippen LogP contribution in [0.1, 0.15) is 23.0 Å². The highest BCUT2D eigenvalue weighted by atomic mass is 16.7. The normalized spacial score (nSPS) is 10.7. The van der Waals surface area contributed by atoms with Gasteiger partial charge in [0.05, 0.1) is 0 Å². The van der Waals surface area contributed by atoms with Gasteiger partial charge in [-0.1, -0.05) is 90.0 Å².